The number of para-hydroxylation sites is 2. The number of carbonyl (C=O) groups excluding carboxylic acids is 2. The van der Waals surface area contributed by atoms with Gasteiger partial charge in [0.25, 0.3) is 0 Å². The Kier molecular flexibility index (Phi) is 5.80. The number of rotatable bonds is 5. The van der Waals surface area contributed by atoms with E-state index in [0.717, 1.165) is 16.7 Å². The van der Waals surface area contributed by atoms with Crippen molar-refractivity contribution >= 4 is 17.5 Å². The van der Waals surface area contributed by atoms with Crippen molar-refractivity contribution in [2.75, 3.05) is 18.1 Å². The van der Waals surface area contributed by atoms with Crippen molar-refractivity contribution in [3.05, 3.63) is 95.6 Å². The van der Waals surface area contributed by atoms with Crippen LogP contribution in [0.3, 0.4) is 0 Å². The number of hydrogen-bond acceptors (Lipinski definition) is 3. The van der Waals surface area contributed by atoms with Crippen LogP contribution in [0.1, 0.15) is 29.2 Å². The van der Waals surface area contributed by atoms with E-state index in [1.165, 1.54) is 4.90 Å². The zero-order valence-corrected chi connectivity index (χ0v) is 16.9. The highest BCUT2D eigenvalue weighted by Gasteiger charge is 2.26. The van der Waals surface area contributed by atoms with E-state index in [1.807, 2.05) is 79.7 Å². The van der Waals surface area contributed by atoms with Gasteiger partial charge in [-0.05, 0) is 30.2 Å². The fourth-order valence-corrected chi connectivity index (χ4v) is 3.61. The summed E-state index contributed by atoms with van der Waals surface area (Å²) in [6.45, 7) is 2.28. The van der Waals surface area contributed by atoms with Gasteiger partial charge >= 0.3 is 0 Å². The van der Waals surface area contributed by atoms with Gasteiger partial charge in [-0.2, -0.15) is 0 Å². The number of carbonyl (C=O) groups is 2. The molecule has 1 aliphatic rings. The van der Waals surface area contributed by atoms with Gasteiger partial charge in [-0.15, -0.1) is 0 Å². The van der Waals surface area contributed by atoms with Crippen LogP contribution in [0, 0.1) is 6.92 Å². The average Bonchev–Trinajstić information content (AvgIpc) is 2.92. The van der Waals surface area contributed by atoms with Gasteiger partial charge in [-0.1, -0.05) is 72.3 Å². The molecule has 0 spiro atoms. The molecular formula is C25H24N2O3. The van der Waals surface area contributed by atoms with Crippen molar-refractivity contribution in [2.24, 2.45) is 0 Å². The van der Waals surface area contributed by atoms with Gasteiger partial charge < -0.3 is 10.1 Å². The predicted octanol–water partition coefficient (Wildman–Crippen LogP) is 4.02. The maximum absolute atomic E-state index is 13.1. The first-order valence-electron chi connectivity index (χ1n) is 10.0. The minimum Gasteiger partial charge on any atom is -0.491 e. The molecular weight excluding hydrogens is 376 g/mol. The molecule has 0 aromatic heterocycles. The Morgan fingerprint density at radius 1 is 0.967 bits per heavy atom. The third-order valence-electron chi connectivity index (χ3n) is 5.18. The summed E-state index contributed by atoms with van der Waals surface area (Å²) in [6.07, 6.45) is 0.238. The van der Waals surface area contributed by atoms with Gasteiger partial charge in [-0.3, -0.25) is 14.5 Å². The molecule has 0 saturated heterocycles. The molecule has 0 bridgehead atoms. The van der Waals surface area contributed by atoms with Crippen LogP contribution < -0.4 is 15.0 Å². The molecule has 30 heavy (non-hydrogen) atoms. The standard InChI is InChI=1S/C25H24N2O3/c1-18-11-13-20(14-12-18)25(19-7-3-2-4-8-19)26-23(28)17-27-21-9-5-6-10-22(21)30-16-15-24(27)29/h2-14,25H,15-17H2,1H3,(H,26,28). The fourth-order valence-electron chi connectivity index (χ4n) is 3.61. The summed E-state index contributed by atoms with van der Waals surface area (Å²) < 4.78 is 5.67. The molecule has 5 nitrogen and oxygen atoms in total. The Hall–Kier alpha value is -3.60. The molecule has 1 heterocycles. The number of nitrogens with one attached hydrogen (secondary N) is 1. The van der Waals surface area contributed by atoms with Crippen molar-refractivity contribution in [1.29, 1.82) is 0 Å². The first-order valence-corrected chi connectivity index (χ1v) is 10.0. The van der Waals surface area contributed by atoms with E-state index in [2.05, 4.69) is 5.32 Å². The van der Waals surface area contributed by atoms with E-state index in [-0.39, 0.29) is 30.8 Å². The van der Waals surface area contributed by atoms with Gasteiger partial charge in [0.05, 0.1) is 24.8 Å². The Labute approximate surface area is 176 Å². The molecule has 3 aromatic carbocycles. The summed E-state index contributed by atoms with van der Waals surface area (Å²) in [5.41, 5.74) is 3.76. The highest BCUT2D eigenvalue weighted by Crippen LogP contribution is 2.31. The van der Waals surface area contributed by atoms with Crippen LogP contribution in [0.4, 0.5) is 5.69 Å². The van der Waals surface area contributed by atoms with E-state index < -0.39 is 0 Å². The van der Waals surface area contributed by atoms with Crippen molar-refractivity contribution < 1.29 is 14.3 Å². The smallest absolute Gasteiger partial charge is 0.240 e. The molecule has 0 aliphatic carbocycles. The Bertz CT molecular complexity index is 1030. The number of aryl methyl sites for hydroxylation is 1. The minimum atomic E-state index is -0.298. The van der Waals surface area contributed by atoms with Gasteiger partial charge in [-0.25, -0.2) is 0 Å². The molecule has 1 aliphatic heterocycles. The summed E-state index contributed by atoms with van der Waals surface area (Å²) >= 11 is 0. The monoisotopic (exact) mass is 400 g/mol. The molecule has 2 amide bonds. The number of fused-ring (bicyclic) bond motifs is 1. The van der Waals surface area contributed by atoms with Crippen molar-refractivity contribution in [3.63, 3.8) is 0 Å². The van der Waals surface area contributed by atoms with Gasteiger partial charge in [0.1, 0.15) is 12.3 Å². The number of anilines is 1. The number of ether oxygens (including phenoxy) is 1. The zero-order chi connectivity index (χ0) is 20.9. The molecule has 152 valence electrons. The average molecular weight is 400 g/mol. The predicted molar refractivity (Wildman–Crippen MR) is 117 cm³/mol. The number of benzene rings is 3. The van der Waals surface area contributed by atoms with Gasteiger partial charge in [0.2, 0.25) is 11.8 Å². The summed E-state index contributed by atoms with van der Waals surface area (Å²) in [7, 11) is 0. The molecule has 4 rings (SSSR count). The van der Waals surface area contributed by atoms with E-state index >= 15 is 0 Å². The van der Waals surface area contributed by atoms with Gasteiger partial charge in [0, 0.05) is 0 Å². The topological polar surface area (TPSA) is 58.6 Å². The molecule has 0 fully saturated rings. The second kappa shape index (κ2) is 8.82. The third kappa shape index (κ3) is 4.35. The molecule has 3 aromatic rings. The lowest BCUT2D eigenvalue weighted by molar-refractivity contribution is -0.124. The van der Waals surface area contributed by atoms with E-state index in [1.54, 1.807) is 6.07 Å². The third-order valence-corrected chi connectivity index (χ3v) is 5.18. The SMILES string of the molecule is Cc1ccc(C(NC(=O)CN2C(=O)CCOc3ccccc32)c2ccccc2)cc1. The van der Waals surface area contributed by atoms with Crippen LogP contribution in [-0.2, 0) is 9.59 Å². The maximum Gasteiger partial charge on any atom is 0.240 e. The van der Waals surface area contributed by atoms with Crippen LogP contribution in [0.2, 0.25) is 0 Å². The highest BCUT2D eigenvalue weighted by molar-refractivity contribution is 6.00. The Morgan fingerprint density at radius 2 is 1.63 bits per heavy atom. The van der Waals surface area contributed by atoms with E-state index in [9.17, 15) is 9.59 Å². The van der Waals surface area contributed by atoms with Crippen molar-refractivity contribution in [3.8, 4) is 5.75 Å². The zero-order valence-electron chi connectivity index (χ0n) is 16.9. The number of nitrogens with zero attached hydrogens (tertiary/aromatic N) is 1. The molecule has 1 unspecified atom stereocenters. The van der Waals surface area contributed by atoms with Crippen LogP contribution in [-0.4, -0.2) is 25.0 Å². The quantitative estimate of drug-likeness (QED) is 0.704. The Balaban J connectivity index is 1.59. The lowest BCUT2D eigenvalue weighted by atomic mass is 9.98. The lowest BCUT2D eigenvalue weighted by Crippen LogP contribution is -2.42. The maximum atomic E-state index is 13.1. The molecule has 0 radical (unpaired) electrons. The van der Waals surface area contributed by atoms with E-state index in [0.29, 0.717) is 18.0 Å². The summed E-state index contributed by atoms with van der Waals surface area (Å²) in [5, 5.41) is 3.11. The van der Waals surface area contributed by atoms with E-state index in [4.69, 9.17) is 4.74 Å². The minimum absolute atomic E-state index is 0.0611. The normalized spacial score (nSPS) is 14.3. The number of amides is 2. The molecule has 1 N–H and O–H groups in total. The molecule has 0 saturated carbocycles. The second-order valence-electron chi connectivity index (χ2n) is 7.37. The number of hydrogen-bond donors (Lipinski definition) is 1. The Morgan fingerprint density at radius 3 is 2.40 bits per heavy atom. The van der Waals surface area contributed by atoms with Crippen LogP contribution in [0.5, 0.6) is 5.75 Å². The lowest BCUT2D eigenvalue weighted by Gasteiger charge is -2.24. The molecule has 1 atom stereocenters. The fraction of sp³-hybridized carbons (Fsp3) is 0.200. The summed E-state index contributed by atoms with van der Waals surface area (Å²) in [4.78, 5) is 27.2. The first kappa shape index (κ1) is 19.7. The first-order chi connectivity index (χ1) is 14.6. The van der Waals surface area contributed by atoms with Crippen molar-refractivity contribution in [2.45, 2.75) is 19.4 Å². The van der Waals surface area contributed by atoms with Crippen LogP contribution in [0.15, 0.2) is 78.9 Å². The summed E-state index contributed by atoms with van der Waals surface area (Å²) in [6, 6.07) is 25.0. The summed E-state index contributed by atoms with van der Waals surface area (Å²) in [5.74, 6) is 0.269. The highest BCUT2D eigenvalue weighted by atomic mass is 16.5. The largest absolute Gasteiger partial charge is 0.491 e. The van der Waals surface area contributed by atoms with Gasteiger partial charge in [0.15, 0.2) is 0 Å². The second-order valence-corrected chi connectivity index (χ2v) is 7.37. The van der Waals surface area contributed by atoms with Crippen LogP contribution in [0.25, 0.3) is 0 Å². The molecule has 5 heteroatoms. The van der Waals surface area contributed by atoms with Crippen molar-refractivity contribution in [1.82, 2.24) is 5.32 Å². The van der Waals surface area contributed by atoms with Crippen LogP contribution >= 0.6 is 0 Å².